The zero-order valence-corrected chi connectivity index (χ0v) is 17.1. The normalized spacial score (nSPS) is 18.2. The van der Waals surface area contributed by atoms with E-state index in [0.29, 0.717) is 24.2 Å². The van der Waals surface area contributed by atoms with E-state index in [1.165, 1.54) is 10.5 Å². The first-order valence-electron chi connectivity index (χ1n) is 10.4. The number of benzene rings is 2. The first-order valence-corrected chi connectivity index (χ1v) is 10.4. The molecular weight excluding hydrogens is 378 g/mol. The third kappa shape index (κ3) is 3.91. The second kappa shape index (κ2) is 8.63. The predicted molar refractivity (Wildman–Crippen MR) is 114 cm³/mol. The van der Waals surface area contributed by atoms with Gasteiger partial charge in [0.25, 0.3) is 11.8 Å². The van der Waals surface area contributed by atoms with Crippen LogP contribution in [0.15, 0.2) is 60.7 Å². The highest BCUT2D eigenvalue weighted by Crippen LogP contribution is 2.25. The van der Waals surface area contributed by atoms with Crippen molar-refractivity contribution < 1.29 is 19.3 Å². The van der Waals surface area contributed by atoms with Crippen molar-refractivity contribution in [3.05, 3.63) is 77.4 Å². The summed E-state index contributed by atoms with van der Waals surface area (Å²) in [6, 6.07) is 16.1. The molecule has 2 aliphatic heterocycles. The smallest absolute Gasteiger partial charge is 0.262 e. The van der Waals surface area contributed by atoms with E-state index >= 15 is 0 Å². The van der Waals surface area contributed by atoms with E-state index in [-0.39, 0.29) is 17.7 Å². The minimum atomic E-state index is -0.795. The Morgan fingerprint density at radius 3 is 2.13 bits per heavy atom. The van der Waals surface area contributed by atoms with E-state index in [4.69, 9.17) is 0 Å². The Morgan fingerprint density at radius 2 is 1.53 bits per heavy atom. The first kappa shape index (κ1) is 20.0. The number of nitrogens with zero attached hydrogens (tertiary/aromatic N) is 2. The molecule has 1 fully saturated rings. The molecule has 2 aromatic carbocycles. The van der Waals surface area contributed by atoms with Crippen LogP contribution in [-0.4, -0.2) is 66.3 Å². The summed E-state index contributed by atoms with van der Waals surface area (Å²) in [5.41, 5.74) is 1.93. The van der Waals surface area contributed by atoms with Crippen molar-refractivity contribution in [3.63, 3.8) is 0 Å². The second-order valence-electron chi connectivity index (χ2n) is 7.79. The lowest BCUT2D eigenvalue weighted by Crippen LogP contribution is -3.14. The van der Waals surface area contributed by atoms with Crippen LogP contribution in [-0.2, 0) is 4.79 Å². The lowest BCUT2D eigenvalue weighted by molar-refractivity contribution is -0.898. The van der Waals surface area contributed by atoms with Crippen molar-refractivity contribution in [1.29, 1.82) is 0 Å². The third-order valence-corrected chi connectivity index (χ3v) is 5.87. The largest absolute Gasteiger partial charge is 0.330 e. The maximum atomic E-state index is 13.0. The maximum absolute atomic E-state index is 13.0. The van der Waals surface area contributed by atoms with Gasteiger partial charge in [-0.1, -0.05) is 48.5 Å². The summed E-state index contributed by atoms with van der Waals surface area (Å²) in [7, 11) is 0. The van der Waals surface area contributed by atoms with Crippen LogP contribution < -0.4 is 4.90 Å². The average Bonchev–Trinajstić information content (AvgIpc) is 3.04. The molecule has 1 saturated heterocycles. The fourth-order valence-electron chi connectivity index (χ4n) is 4.11. The number of nitrogens with one attached hydrogen (secondary N) is 1. The Kier molecular flexibility index (Phi) is 5.77. The zero-order chi connectivity index (χ0) is 21.1. The molecule has 0 bridgehead atoms. The number of quaternary nitrogens is 1. The Hall–Kier alpha value is -3.25. The summed E-state index contributed by atoms with van der Waals surface area (Å²) in [6.07, 6.45) is 4.29. The summed E-state index contributed by atoms with van der Waals surface area (Å²) in [4.78, 5) is 42.6. The minimum Gasteiger partial charge on any atom is -0.330 e. The summed E-state index contributed by atoms with van der Waals surface area (Å²) >= 11 is 0. The highest BCUT2D eigenvalue weighted by Gasteiger charge is 2.42. The standard InChI is InChI=1S/C24H25N3O3/c1-18(27-23(29)20-11-5-6-12-21(20)24(27)30)22(28)26-16-14-25(15-17-26)13-7-10-19-8-3-2-4-9-19/h2-12,18H,13-17H2,1H3/p+1/b10-7+/t18-/m1/s1. The summed E-state index contributed by atoms with van der Waals surface area (Å²) < 4.78 is 0. The molecule has 0 saturated carbocycles. The van der Waals surface area contributed by atoms with Crippen molar-refractivity contribution in [2.45, 2.75) is 13.0 Å². The topological polar surface area (TPSA) is 62.1 Å². The maximum Gasteiger partial charge on any atom is 0.262 e. The summed E-state index contributed by atoms with van der Waals surface area (Å²) in [6.45, 7) is 5.50. The molecule has 2 aromatic rings. The van der Waals surface area contributed by atoms with Crippen molar-refractivity contribution in [3.8, 4) is 0 Å². The Morgan fingerprint density at radius 1 is 0.967 bits per heavy atom. The molecule has 0 radical (unpaired) electrons. The van der Waals surface area contributed by atoms with E-state index in [0.717, 1.165) is 24.5 Å². The molecule has 3 amide bonds. The first-order chi connectivity index (χ1) is 14.6. The molecule has 30 heavy (non-hydrogen) atoms. The average molecular weight is 404 g/mol. The molecule has 2 aliphatic rings. The number of amides is 3. The SMILES string of the molecule is C[C@H](C(=O)N1CC[NH+](C/C=C/c2ccccc2)CC1)N1C(=O)c2ccccc2C1=O. The number of imide groups is 1. The van der Waals surface area contributed by atoms with Crippen molar-refractivity contribution in [2.24, 2.45) is 0 Å². The third-order valence-electron chi connectivity index (χ3n) is 5.87. The lowest BCUT2D eigenvalue weighted by atomic mass is 10.1. The molecule has 0 spiro atoms. The van der Waals surface area contributed by atoms with Crippen LogP contribution in [0.3, 0.4) is 0 Å². The van der Waals surface area contributed by atoms with Gasteiger partial charge in [-0.25, -0.2) is 0 Å². The van der Waals surface area contributed by atoms with E-state index in [1.54, 1.807) is 36.1 Å². The molecule has 1 atom stereocenters. The van der Waals surface area contributed by atoms with Crippen molar-refractivity contribution >= 4 is 23.8 Å². The van der Waals surface area contributed by atoms with Gasteiger partial charge in [0.15, 0.2) is 0 Å². The van der Waals surface area contributed by atoms with Crippen molar-refractivity contribution in [2.75, 3.05) is 32.7 Å². The molecule has 1 N–H and O–H groups in total. The quantitative estimate of drug-likeness (QED) is 0.760. The van der Waals surface area contributed by atoms with Crippen molar-refractivity contribution in [1.82, 2.24) is 9.80 Å². The van der Waals surface area contributed by atoms with Gasteiger partial charge < -0.3 is 9.80 Å². The Balaban J connectivity index is 1.32. The van der Waals surface area contributed by atoms with E-state index in [1.807, 2.05) is 18.2 Å². The number of carbonyl (C=O) groups excluding carboxylic acids is 3. The summed E-state index contributed by atoms with van der Waals surface area (Å²) in [5, 5.41) is 0. The highest BCUT2D eigenvalue weighted by molar-refractivity contribution is 6.22. The number of rotatable bonds is 5. The molecule has 4 rings (SSSR count). The number of carbonyl (C=O) groups is 3. The van der Waals surface area contributed by atoms with E-state index in [2.05, 4.69) is 24.3 Å². The van der Waals surface area contributed by atoms with Gasteiger partial charge in [-0.2, -0.15) is 0 Å². The van der Waals surface area contributed by atoms with Gasteiger partial charge in [-0.05, 0) is 30.7 Å². The zero-order valence-electron chi connectivity index (χ0n) is 17.1. The highest BCUT2D eigenvalue weighted by atomic mass is 16.2. The lowest BCUT2D eigenvalue weighted by Gasteiger charge is -2.34. The van der Waals surface area contributed by atoms with Gasteiger partial charge >= 0.3 is 0 Å². The molecule has 0 aromatic heterocycles. The van der Waals surface area contributed by atoms with E-state index < -0.39 is 6.04 Å². The van der Waals surface area contributed by atoms with Gasteiger partial charge in [0.2, 0.25) is 5.91 Å². The molecule has 154 valence electrons. The minimum absolute atomic E-state index is 0.164. The van der Waals surface area contributed by atoms with E-state index in [9.17, 15) is 14.4 Å². The summed E-state index contributed by atoms with van der Waals surface area (Å²) in [5.74, 6) is -0.929. The number of fused-ring (bicyclic) bond motifs is 1. The van der Waals surface area contributed by atoms with Crippen LogP contribution in [0.1, 0.15) is 33.2 Å². The molecule has 2 heterocycles. The molecule has 0 aliphatic carbocycles. The van der Waals surface area contributed by atoms with Crippen LogP contribution in [0.5, 0.6) is 0 Å². The Bertz CT molecular complexity index is 943. The molecule has 0 unspecified atom stereocenters. The van der Waals surface area contributed by atoms with Gasteiger partial charge in [0.1, 0.15) is 6.04 Å². The van der Waals surface area contributed by atoms with Crippen LogP contribution in [0.4, 0.5) is 0 Å². The molecular formula is C24H26N3O3+. The van der Waals surface area contributed by atoms with Crippen LogP contribution in [0.25, 0.3) is 6.08 Å². The van der Waals surface area contributed by atoms with Gasteiger partial charge in [-0.15, -0.1) is 0 Å². The van der Waals surface area contributed by atoms with Crippen LogP contribution in [0, 0.1) is 0 Å². The fourth-order valence-corrected chi connectivity index (χ4v) is 4.11. The van der Waals surface area contributed by atoms with Gasteiger partial charge in [0.05, 0.1) is 43.9 Å². The van der Waals surface area contributed by atoms with Crippen LogP contribution in [0.2, 0.25) is 0 Å². The number of hydrogen-bond donors (Lipinski definition) is 1. The second-order valence-corrected chi connectivity index (χ2v) is 7.79. The Labute approximate surface area is 176 Å². The fraction of sp³-hybridized carbons (Fsp3) is 0.292. The van der Waals surface area contributed by atoms with Crippen LogP contribution >= 0.6 is 0 Å². The molecule has 6 nitrogen and oxygen atoms in total. The van der Waals surface area contributed by atoms with Gasteiger partial charge in [0, 0.05) is 0 Å². The number of hydrogen-bond acceptors (Lipinski definition) is 3. The molecule has 6 heteroatoms. The number of piperazine rings is 1. The monoisotopic (exact) mass is 404 g/mol. The predicted octanol–water partition coefficient (Wildman–Crippen LogP) is 1.11. The van der Waals surface area contributed by atoms with Gasteiger partial charge in [-0.3, -0.25) is 19.3 Å².